The van der Waals surface area contributed by atoms with Crippen molar-refractivity contribution in [2.24, 2.45) is 0 Å². The first-order valence-electron chi connectivity index (χ1n) is 5.22. The molecular weight excluding hydrogens is 233 g/mol. The molecule has 0 radical (unpaired) electrons. The van der Waals surface area contributed by atoms with E-state index in [4.69, 9.17) is 0 Å². The molecule has 0 aliphatic rings. The number of pyridine rings is 1. The van der Waals surface area contributed by atoms with Crippen LogP contribution in [0.5, 0.6) is 0 Å². The first kappa shape index (κ1) is 13.8. The molecule has 1 heterocycles. The van der Waals surface area contributed by atoms with Gasteiger partial charge < -0.3 is 10.0 Å². The topological polar surface area (TPSA) is 36.4 Å². The van der Waals surface area contributed by atoms with Crippen LogP contribution in [0.3, 0.4) is 0 Å². The molecule has 1 rings (SSSR count). The van der Waals surface area contributed by atoms with E-state index in [9.17, 15) is 18.3 Å². The average molecular weight is 248 g/mol. The van der Waals surface area contributed by atoms with E-state index in [-0.39, 0.29) is 6.54 Å². The Morgan fingerprint density at radius 3 is 2.65 bits per heavy atom. The normalized spacial score (nSPS) is 13.5. The highest BCUT2D eigenvalue weighted by molar-refractivity contribution is 5.46. The van der Waals surface area contributed by atoms with Gasteiger partial charge in [0.1, 0.15) is 5.82 Å². The molecule has 0 bridgehead atoms. The van der Waals surface area contributed by atoms with Crippen molar-refractivity contribution in [2.75, 3.05) is 18.5 Å². The number of halogens is 3. The van der Waals surface area contributed by atoms with E-state index in [1.54, 1.807) is 19.1 Å². The number of hydrogen-bond acceptors (Lipinski definition) is 3. The van der Waals surface area contributed by atoms with Gasteiger partial charge >= 0.3 is 6.18 Å². The lowest BCUT2D eigenvalue weighted by Gasteiger charge is -2.22. The highest BCUT2D eigenvalue weighted by Gasteiger charge is 2.27. The molecule has 96 valence electrons. The minimum absolute atomic E-state index is 0.180. The Morgan fingerprint density at radius 2 is 2.12 bits per heavy atom. The van der Waals surface area contributed by atoms with Crippen molar-refractivity contribution < 1.29 is 18.3 Å². The van der Waals surface area contributed by atoms with Crippen LogP contribution in [0.4, 0.5) is 19.0 Å². The van der Waals surface area contributed by atoms with E-state index in [0.29, 0.717) is 11.4 Å². The van der Waals surface area contributed by atoms with Crippen LogP contribution < -0.4 is 4.90 Å². The van der Waals surface area contributed by atoms with Crippen LogP contribution in [0.2, 0.25) is 0 Å². The van der Waals surface area contributed by atoms with Gasteiger partial charge in [-0.15, -0.1) is 0 Å². The number of aliphatic hydroxyl groups is 1. The smallest absolute Gasteiger partial charge is 0.389 e. The van der Waals surface area contributed by atoms with E-state index in [1.807, 2.05) is 0 Å². The maximum absolute atomic E-state index is 12.1. The summed E-state index contributed by atoms with van der Waals surface area (Å²) in [6.07, 6.45) is -4.36. The minimum Gasteiger partial charge on any atom is -0.389 e. The largest absolute Gasteiger partial charge is 0.390 e. The van der Waals surface area contributed by atoms with Gasteiger partial charge in [-0.1, -0.05) is 6.07 Å². The van der Waals surface area contributed by atoms with Crippen LogP contribution in [-0.4, -0.2) is 29.9 Å². The van der Waals surface area contributed by atoms with Gasteiger partial charge in [0.15, 0.2) is 0 Å². The molecule has 0 unspecified atom stereocenters. The summed E-state index contributed by atoms with van der Waals surface area (Å²) in [5.41, 5.74) is 0.525. The Labute approximate surface area is 97.9 Å². The molecular formula is C11H15F3N2O. The second kappa shape index (κ2) is 5.35. The van der Waals surface area contributed by atoms with Crippen LogP contribution in [0.15, 0.2) is 18.3 Å². The number of rotatable bonds is 4. The molecule has 0 aromatic carbocycles. The summed E-state index contributed by atoms with van der Waals surface area (Å²) >= 11 is 0. The van der Waals surface area contributed by atoms with E-state index >= 15 is 0 Å². The maximum atomic E-state index is 12.1. The molecule has 0 aliphatic carbocycles. The van der Waals surface area contributed by atoms with Crippen LogP contribution in [-0.2, 0) is 0 Å². The first-order chi connectivity index (χ1) is 7.81. The van der Waals surface area contributed by atoms with Crippen LogP contribution in [0.1, 0.15) is 25.0 Å². The first-order valence-corrected chi connectivity index (χ1v) is 5.22. The summed E-state index contributed by atoms with van der Waals surface area (Å²) in [7, 11) is 1.53. The van der Waals surface area contributed by atoms with Gasteiger partial charge in [0.25, 0.3) is 0 Å². The number of alkyl halides is 3. The van der Waals surface area contributed by atoms with Crippen molar-refractivity contribution >= 4 is 5.82 Å². The second-order valence-electron chi connectivity index (χ2n) is 3.88. The fraction of sp³-hybridized carbons (Fsp3) is 0.545. The molecule has 0 saturated carbocycles. The van der Waals surface area contributed by atoms with Crippen molar-refractivity contribution in [1.82, 2.24) is 4.98 Å². The lowest BCUT2D eigenvalue weighted by Crippen LogP contribution is -2.26. The Bertz CT molecular complexity index is 366. The number of aromatic nitrogens is 1. The molecule has 1 atom stereocenters. The highest BCUT2D eigenvalue weighted by Crippen LogP contribution is 2.25. The minimum atomic E-state index is -4.19. The number of aliphatic hydroxyl groups excluding tert-OH is 1. The van der Waals surface area contributed by atoms with Gasteiger partial charge in [0.2, 0.25) is 0 Å². The lowest BCUT2D eigenvalue weighted by molar-refractivity contribution is -0.132. The van der Waals surface area contributed by atoms with Crippen molar-refractivity contribution in [1.29, 1.82) is 0 Å². The van der Waals surface area contributed by atoms with E-state index < -0.39 is 18.7 Å². The summed E-state index contributed by atoms with van der Waals surface area (Å²) in [4.78, 5) is 5.40. The molecule has 0 fully saturated rings. The third kappa shape index (κ3) is 4.22. The Morgan fingerprint density at radius 1 is 1.47 bits per heavy atom. The molecule has 0 saturated heterocycles. The standard InChI is InChI=1S/C11H15F3N2O/c1-8(17)9-4-3-6-15-10(9)16(2)7-5-11(12,13)14/h3-4,6,8,17H,5,7H2,1-2H3/t8-/m0/s1. The van der Waals surface area contributed by atoms with Gasteiger partial charge in [-0.3, -0.25) is 0 Å². The van der Waals surface area contributed by atoms with Gasteiger partial charge in [-0.05, 0) is 13.0 Å². The third-order valence-electron chi connectivity index (χ3n) is 2.36. The Kier molecular flexibility index (Phi) is 4.34. The summed E-state index contributed by atoms with van der Waals surface area (Å²) in [6, 6.07) is 3.29. The van der Waals surface area contributed by atoms with Gasteiger partial charge in [-0.2, -0.15) is 13.2 Å². The molecule has 1 N–H and O–H groups in total. The average Bonchev–Trinajstić information content (AvgIpc) is 2.25. The molecule has 1 aromatic rings. The van der Waals surface area contributed by atoms with Gasteiger partial charge in [0.05, 0.1) is 12.5 Å². The van der Waals surface area contributed by atoms with Gasteiger partial charge in [0, 0.05) is 25.4 Å². The van der Waals surface area contributed by atoms with Crippen LogP contribution in [0, 0.1) is 0 Å². The zero-order valence-corrected chi connectivity index (χ0v) is 9.70. The zero-order chi connectivity index (χ0) is 13.1. The molecule has 1 aromatic heterocycles. The molecule has 0 aliphatic heterocycles. The van der Waals surface area contributed by atoms with E-state index in [0.717, 1.165) is 0 Å². The number of nitrogens with zero attached hydrogens (tertiary/aromatic N) is 2. The zero-order valence-electron chi connectivity index (χ0n) is 9.70. The number of hydrogen-bond donors (Lipinski definition) is 1. The summed E-state index contributed by atoms with van der Waals surface area (Å²) in [5.74, 6) is 0.381. The van der Waals surface area contributed by atoms with Crippen molar-refractivity contribution in [3.8, 4) is 0 Å². The molecule has 0 amide bonds. The van der Waals surface area contributed by atoms with Gasteiger partial charge in [-0.25, -0.2) is 4.98 Å². The van der Waals surface area contributed by atoms with Crippen molar-refractivity contribution in [3.63, 3.8) is 0 Å². The van der Waals surface area contributed by atoms with Crippen LogP contribution >= 0.6 is 0 Å². The molecule has 17 heavy (non-hydrogen) atoms. The fourth-order valence-corrected chi connectivity index (χ4v) is 1.45. The summed E-state index contributed by atoms with van der Waals surface area (Å²) in [6.45, 7) is 1.37. The number of anilines is 1. The maximum Gasteiger partial charge on any atom is 0.390 e. The Hall–Kier alpha value is -1.30. The third-order valence-corrected chi connectivity index (χ3v) is 2.36. The predicted molar refractivity (Wildman–Crippen MR) is 58.8 cm³/mol. The summed E-state index contributed by atoms with van der Waals surface area (Å²) < 4.78 is 36.3. The quantitative estimate of drug-likeness (QED) is 0.889. The van der Waals surface area contributed by atoms with Crippen molar-refractivity contribution in [2.45, 2.75) is 25.6 Å². The fourth-order valence-electron chi connectivity index (χ4n) is 1.45. The molecule has 0 spiro atoms. The monoisotopic (exact) mass is 248 g/mol. The van der Waals surface area contributed by atoms with E-state index in [1.165, 1.54) is 18.1 Å². The Balaban J connectivity index is 2.78. The molecule has 6 heteroatoms. The van der Waals surface area contributed by atoms with Crippen LogP contribution in [0.25, 0.3) is 0 Å². The summed E-state index contributed by atoms with van der Waals surface area (Å²) in [5, 5.41) is 9.49. The lowest BCUT2D eigenvalue weighted by atomic mass is 10.1. The molecule has 3 nitrogen and oxygen atoms in total. The van der Waals surface area contributed by atoms with E-state index in [2.05, 4.69) is 4.98 Å². The second-order valence-corrected chi connectivity index (χ2v) is 3.88. The van der Waals surface area contributed by atoms with Crippen molar-refractivity contribution in [3.05, 3.63) is 23.9 Å². The highest BCUT2D eigenvalue weighted by atomic mass is 19.4. The SMILES string of the molecule is C[C@H](O)c1cccnc1N(C)CCC(F)(F)F. The predicted octanol–water partition coefficient (Wildman–Crippen LogP) is 2.52.